The van der Waals surface area contributed by atoms with Gasteiger partial charge in [0.1, 0.15) is 11.9 Å². The van der Waals surface area contributed by atoms with E-state index in [1.807, 2.05) is 25.1 Å². The number of aliphatic hydroxyl groups is 1. The third-order valence-electron chi connectivity index (χ3n) is 3.93. The van der Waals surface area contributed by atoms with Gasteiger partial charge in [0.05, 0.1) is 7.11 Å². The van der Waals surface area contributed by atoms with E-state index in [9.17, 15) is 5.11 Å². The number of aliphatic hydroxyl groups excluding tert-OH is 1. The molecule has 0 amide bonds. The maximum absolute atomic E-state index is 10.5. The molecule has 0 bridgehead atoms. The molecular weight excluding hydrogens is 236 g/mol. The molecule has 2 nitrogen and oxygen atoms in total. The number of ether oxygens (including phenoxy) is 1. The fourth-order valence-corrected chi connectivity index (χ4v) is 2.69. The van der Waals surface area contributed by atoms with E-state index < -0.39 is 6.10 Å². The Balaban J connectivity index is 2.19. The molecule has 2 rings (SSSR count). The van der Waals surface area contributed by atoms with Gasteiger partial charge in [-0.25, -0.2) is 0 Å². The van der Waals surface area contributed by atoms with Crippen LogP contribution in [-0.2, 0) is 0 Å². The first-order valence-electron chi connectivity index (χ1n) is 7.24. The topological polar surface area (TPSA) is 29.5 Å². The maximum Gasteiger partial charge on any atom is 0.122 e. The van der Waals surface area contributed by atoms with Gasteiger partial charge in [0.25, 0.3) is 0 Å². The number of benzene rings is 1. The summed E-state index contributed by atoms with van der Waals surface area (Å²) in [6.45, 7) is 2.02. The number of hydrogen-bond acceptors (Lipinski definition) is 2. The highest BCUT2D eigenvalue weighted by Crippen LogP contribution is 2.31. The van der Waals surface area contributed by atoms with Gasteiger partial charge in [-0.05, 0) is 55.4 Å². The summed E-state index contributed by atoms with van der Waals surface area (Å²) in [5.41, 5.74) is 3.21. The smallest absolute Gasteiger partial charge is 0.122 e. The van der Waals surface area contributed by atoms with Crippen LogP contribution in [0.15, 0.2) is 29.8 Å². The van der Waals surface area contributed by atoms with Crippen LogP contribution in [0.25, 0.3) is 0 Å². The van der Waals surface area contributed by atoms with Gasteiger partial charge in [-0.2, -0.15) is 0 Å². The monoisotopic (exact) mass is 260 g/mol. The Bertz CT molecular complexity index is 449. The van der Waals surface area contributed by atoms with Gasteiger partial charge >= 0.3 is 0 Å². The highest BCUT2D eigenvalue weighted by Gasteiger charge is 2.15. The van der Waals surface area contributed by atoms with E-state index in [-0.39, 0.29) is 0 Å². The normalized spacial score (nSPS) is 20.9. The zero-order chi connectivity index (χ0) is 13.7. The Morgan fingerprint density at radius 1 is 1.16 bits per heavy atom. The minimum absolute atomic E-state index is 0.479. The molecule has 1 N–H and O–H groups in total. The lowest BCUT2D eigenvalue weighted by molar-refractivity contribution is 0.208. The largest absolute Gasteiger partial charge is 0.496 e. The molecular formula is C17H24O2. The van der Waals surface area contributed by atoms with Crippen LogP contribution in [-0.4, -0.2) is 12.2 Å². The second kappa shape index (κ2) is 6.76. The summed E-state index contributed by atoms with van der Waals surface area (Å²) in [6.07, 6.45) is 8.88. The molecule has 1 atom stereocenters. The first-order chi connectivity index (χ1) is 9.22. The van der Waals surface area contributed by atoms with Crippen molar-refractivity contribution in [1.82, 2.24) is 0 Å². The Morgan fingerprint density at radius 2 is 1.95 bits per heavy atom. The molecule has 0 aromatic heterocycles. The summed E-state index contributed by atoms with van der Waals surface area (Å²) in [7, 11) is 1.67. The van der Waals surface area contributed by atoms with Crippen molar-refractivity contribution in [2.24, 2.45) is 0 Å². The molecule has 0 fully saturated rings. The molecule has 1 aromatic rings. The molecule has 104 valence electrons. The van der Waals surface area contributed by atoms with Crippen LogP contribution in [0.3, 0.4) is 0 Å². The number of hydrogen-bond donors (Lipinski definition) is 1. The first-order valence-corrected chi connectivity index (χ1v) is 7.24. The Morgan fingerprint density at radius 3 is 2.74 bits per heavy atom. The van der Waals surface area contributed by atoms with E-state index in [0.717, 1.165) is 29.7 Å². The Labute approximate surface area is 116 Å². The zero-order valence-corrected chi connectivity index (χ0v) is 12.0. The molecule has 0 radical (unpaired) electrons. The predicted molar refractivity (Wildman–Crippen MR) is 78.5 cm³/mol. The van der Waals surface area contributed by atoms with E-state index in [4.69, 9.17) is 4.74 Å². The van der Waals surface area contributed by atoms with Crippen LogP contribution < -0.4 is 4.74 Å². The molecule has 2 heteroatoms. The summed E-state index contributed by atoms with van der Waals surface area (Å²) in [6, 6.07) is 5.97. The highest BCUT2D eigenvalue weighted by molar-refractivity contribution is 5.39. The quantitative estimate of drug-likeness (QED) is 0.820. The summed E-state index contributed by atoms with van der Waals surface area (Å²) >= 11 is 0. The molecule has 0 heterocycles. The van der Waals surface area contributed by atoms with E-state index in [1.165, 1.54) is 31.3 Å². The minimum atomic E-state index is -0.479. The van der Waals surface area contributed by atoms with Gasteiger partial charge in [0, 0.05) is 0 Å². The van der Waals surface area contributed by atoms with Crippen molar-refractivity contribution in [3.8, 4) is 5.75 Å². The summed E-state index contributed by atoms with van der Waals surface area (Å²) in [5.74, 6) is 0.850. The van der Waals surface area contributed by atoms with E-state index in [2.05, 4.69) is 6.08 Å². The van der Waals surface area contributed by atoms with Crippen molar-refractivity contribution < 1.29 is 9.84 Å². The van der Waals surface area contributed by atoms with Crippen LogP contribution in [0, 0.1) is 6.92 Å². The van der Waals surface area contributed by atoms with Crippen LogP contribution in [0.1, 0.15) is 55.8 Å². The molecule has 0 spiro atoms. The van der Waals surface area contributed by atoms with E-state index >= 15 is 0 Å². The van der Waals surface area contributed by atoms with Gasteiger partial charge in [-0.3, -0.25) is 0 Å². The molecule has 19 heavy (non-hydrogen) atoms. The number of allylic oxidation sites excluding steroid dienone is 1. The third kappa shape index (κ3) is 3.60. The van der Waals surface area contributed by atoms with Gasteiger partial charge in [-0.15, -0.1) is 0 Å². The fourth-order valence-electron chi connectivity index (χ4n) is 2.69. The van der Waals surface area contributed by atoms with Crippen LogP contribution in [0.2, 0.25) is 0 Å². The van der Waals surface area contributed by atoms with Crippen molar-refractivity contribution in [3.05, 3.63) is 41.0 Å². The third-order valence-corrected chi connectivity index (χ3v) is 3.93. The van der Waals surface area contributed by atoms with Crippen molar-refractivity contribution in [2.45, 2.75) is 51.6 Å². The van der Waals surface area contributed by atoms with Crippen LogP contribution >= 0.6 is 0 Å². The van der Waals surface area contributed by atoms with Crippen molar-refractivity contribution >= 4 is 0 Å². The second-order valence-corrected chi connectivity index (χ2v) is 5.36. The van der Waals surface area contributed by atoms with Gasteiger partial charge in [-0.1, -0.05) is 31.1 Å². The SMILES string of the molecule is COc1cc(C(O)/C2=C/CCCCCC2)ccc1C. The Hall–Kier alpha value is -1.28. The van der Waals surface area contributed by atoms with Gasteiger partial charge < -0.3 is 9.84 Å². The zero-order valence-electron chi connectivity index (χ0n) is 12.0. The van der Waals surface area contributed by atoms with E-state index in [1.54, 1.807) is 7.11 Å². The summed E-state index contributed by atoms with van der Waals surface area (Å²) < 4.78 is 5.34. The fraction of sp³-hybridized carbons (Fsp3) is 0.529. The van der Waals surface area contributed by atoms with Crippen molar-refractivity contribution in [2.75, 3.05) is 7.11 Å². The van der Waals surface area contributed by atoms with Crippen molar-refractivity contribution in [3.63, 3.8) is 0 Å². The Kier molecular flexibility index (Phi) is 5.03. The average molecular weight is 260 g/mol. The maximum atomic E-state index is 10.5. The average Bonchev–Trinajstić information content (AvgIpc) is 2.38. The predicted octanol–water partition coefficient (Wildman–Crippen LogP) is 4.32. The van der Waals surface area contributed by atoms with Gasteiger partial charge in [0.2, 0.25) is 0 Å². The van der Waals surface area contributed by atoms with Crippen LogP contribution in [0.5, 0.6) is 5.75 Å². The number of aryl methyl sites for hydroxylation is 1. The molecule has 1 aliphatic rings. The molecule has 0 aliphatic heterocycles. The summed E-state index contributed by atoms with van der Waals surface area (Å²) in [5, 5.41) is 10.5. The number of methoxy groups -OCH3 is 1. The first kappa shape index (κ1) is 14.1. The minimum Gasteiger partial charge on any atom is -0.496 e. The molecule has 1 aromatic carbocycles. The molecule has 1 aliphatic carbocycles. The highest BCUT2D eigenvalue weighted by atomic mass is 16.5. The lowest BCUT2D eigenvalue weighted by Crippen LogP contribution is -2.04. The number of rotatable bonds is 3. The lowest BCUT2D eigenvalue weighted by Gasteiger charge is -2.19. The molecule has 1 unspecified atom stereocenters. The standard InChI is InChI=1S/C17H24O2/c1-13-10-11-15(12-16(13)19-2)17(18)14-8-6-4-3-5-7-9-14/h8,10-12,17-18H,3-7,9H2,1-2H3/b14-8+. The molecule has 0 saturated heterocycles. The molecule has 0 saturated carbocycles. The van der Waals surface area contributed by atoms with Crippen molar-refractivity contribution in [1.29, 1.82) is 0 Å². The second-order valence-electron chi connectivity index (χ2n) is 5.36. The van der Waals surface area contributed by atoms with Gasteiger partial charge in [0.15, 0.2) is 0 Å². The lowest BCUT2D eigenvalue weighted by atomic mass is 9.92. The van der Waals surface area contributed by atoms with E-state index in [0.29, 0.717) is 0 Å². The van der Waals surface area contributed by atoms with Crippen LogP contribution in [0.4, 0.5) is 0 Å². The summed E-state index contributed by atoms with van der Waals surface area (Å²) in [4.78, 5) is 0.